The van der Waals surface area contributed by atoms with Gasteiger partial charge < -0.3 is 20.9 Å². The number of methoxy groups -OCH3 is 2. The first-order valence-corrected chi connectivity index (χ1v) is 8.23. The summed E-state index contributed by atoms with van der Waals surface area (Å²) >= 11 is 0. The number of nitrogens with two attached hydrogens (primary N) is 2. The lowest BCUT2D eigenvalue weighted by molar-refractivity contribution is 0.112. The standard InChI is InChI=1S/C20H20N4O3/c1-26-17-9-13(7-15-10-23-20(22)24-19(15)21)8-16(18(17)27-2)14-5-3-12(11-25)4-6-14/h3-6,8-11H,7H2,1-2H3,(H4,21,22,23,24). The van der Waals surface area contributed by atoms with Gasteiger partial charge >= 0.3 is 0 Å². The number of aldehydes is 1. The maximum Gasteiger partial charge on any atom is 0.221 e. The van der Waals surface area contributed by atoms with Crippen molar-refractivity contribution in [3.63, 3.8) is 0 Å². The molecule has 0 unspecified atom stereocenters. The summed E-state index contributed by atoms with van der Waals surface area (Å²) < 4.78 is 11.1. The van der Waals surface area contributed by atoms with Crippen LogP contribution in [0, 0.1) is 0 Å². The second-order valence-electron chi connectivity index (χ2n) is 5.93. The van der Waals surface area contributed by atoms with Gasteiger partial charge in [-0.05, 0) is 23.3 Å². The van der Waals surface area contributed by atoms with Crippen LogP contribution in [0.5, 0.6) is 11.5 Å². The average Bonchev–Trinajstić information content (AvgIpc) is 2.69. The molecule has 3 aromatic rings. The van der Waals surface area contributed by atoms with Gasteiger partial charge in [0.15, 0.2) is 11.5 Å². The van der Waals surface area contributed by atoms with E-state index in [1.54, 1.807) is 32.5 Å². The zero-order valence-corrected chi connectivity index (χ0v) is 15.1. The van der Waals surface area contributed by atoms with E-state index in [1.165, 1.54) is 0 Å². The second-order valence-corrected chi connectivity index (χ2v) is 5.93. The van der Waals surface area contributed by atoms with Gasteiger partial charge in [-0.25, -0.2) is 4.98 Å². The van der Waals surface area contributed by atoms with Crippen molar-refractivity contribution in [1.29, 1.82) is 0 Å². The first-order valence-electron chi connectivity index (χ1n) is 8.23. The molecule has 1 heterocycles. The highest BCUT2D eigenvalue weighted by Gasteiger charge is 2.15. The Balaban J connectivity index is 2.08. The van der Waals surface area contributed by atoms with Gasteiger partial charge in [-0.3, -0.25) is 4.79 Å². The lowest BCUT2D eigenvalue weighted by Gasteiger charge is -2.16. The molecule has 0 aliphatic carbocycles. The third-order valence-corrected chi connectivity index (χ3v) is 4.21. The Labute approximate surface area is 157 Å². The van der Waals surface area contributed by atoms with Gasteiger partial charge in [0, 0.05) is 29.3 Å². The number of carbonyl (C=O) groups is 1. The van der Waals surface area contributed by atoms with Gasteiger partial charge in [-0.15, -0.1) is 0 Å². The zero-order chi connectivity index (χ0) is 19.4. The van der Waals surface area contributed by atoms with Crippen LogP contribution in [0.15, 0.2) is 42.6 Å². The Kier molecular flexibility index (Phi) is 5.21. The van der Waals surface area contributed by atoms with Gasteiger partial charge in [-0.1, -0.05) is 24.3 Å². The number of nitrogen functional groups attached to an aromatic ring is 2. The van der Waals surface area contributed by atoms with Crippen molar-refractivity contribution in [2.75, 3.05) is 25.7 Å². The minimum Gasteiger partial charge on any atom is -0.493 e. The molecule has 0 amide bonds. The summed E-state index contributed by atoms with van der Waals surface area (Å²) in [4.78, 5) is 18.9. The summed E-state index contributed by atoms with van der Waals surface area (Å²) in [7, 11) is 3.17. The molecule has 7 heteroatoms. The number of aromatic nitrogens is 2. The Morgan fingerprint density at radius 2 is 1.81 bits per heavy atom. The number of carbonyl (C=O) groups excluding carboxylic acids is 1. The van der Waals surface area contributed by atoms with E-state index in [0.29, 0.717) is 29.3 Å². The minimum absolute atomic E-state index is 0.138. The third kappa shape index (κ3) is 3.82. The number of anilines is 2. The number of nitrogens with zero attached hydrogens (tertiary/aromatic N) is 2. The molecule has 3 rings (SSSR count). The van der Waals surface area contributed by atoms with E-state index in [9.17, 15) is 4.79 Å². The van der Waals surface area contributed by atoms with Gasteiger partial charge in [0.05, 0.1) is 14.2 Å². The van der Waals surface area contributed by atoms with Crippen molar-refractivity contribution in [3.8, 4) is 22.6 Å². The molecule has 0 fully saturated rings. The molecule has 138 valence electrons. The highest BCUT2D eigenvalue weighted by molar-refractivity contribution is 5.79. The van der Waals surface area contributed by atoms with Crippen LogP contribution in [0.4, 0.5) is 11.8 Å². The lowest BCUT2D eigenvalue weighted by Crippen LogP contribution is -2.04. The molecule has 4 N–H and O–H groups in total. The lowest BCUT2D eigenvalue weighted by atomic mass is 9.97. The van der Waals surface area contributed by atoms with Gasteiger partial charge in [0.25, 0.3) is 0 Å². The fourth-order valence-corrected chi connectivity index (χ4v) is 2.87. The minimum atomic E-state index is 0.138. The van der Waals surface area contributed by atoms with Crippen molar-refractivity contribution in [3.05, 3.63) is 59.3 Å². The predicted molar refractivity (Wildman–Crippen MR) is 104 cm³/mol. The first-order chi connectivity index (χ1) is 13.0. The van der Waals surface area contributed by atoms with E-state index < -0.39 is 0 Å². The Morgan fingerprint density at radius 3 is 2.41 bits per heavy atom. The van der Waals surface area contributed by atoms with Crippen LogP contribution in [0.25, 0.3) is 11.1 Å². The molecule has 0 radical (unpaired) electrons. The Morgan fingerprint density at radius 1 is 1.07 bits per heavy atom. The van der Waals surface area contributed by atoms with Crippen LogP contribution in [-0.2, 0) is 6.42 Å². The van der Waals surface area contributed by atoms with E-state index in [-0.39, 0.29) is 5.95 Å². The molecule has 0 spiro atoms. The van der Waals surface area contributed by atoms with Crippen LogP contribution in [0.2, 0.25) is 0 Å². The highest BCUT2D eigenvalue weighted by atomic mass is 16.5. The smallest absolute Gasteiger partial charge is 0.221 e. The number of hydrogen-bond acceptors (Lipinski definition) is 7. The van der Waals surface area contributed by atoms with Gasteiger partial charge in [0.2, 0.25) is 5.95 Å². The molecular weight excluding hydrogens is 344 g/mol. The fourth-order valence-electron chi connectivity index (χ4n) is 2.87. The third-order valence-electron chi connectivity index (χ3n) is 4.21. The van der Waals surface area contributed by atoms with Crippen LogP contribution in [-0.4, -0.2) is 30.5 Å². The molecule has 0 atom stereocenters. The van der Waals surface area contributed by atoms with Crippen molar-refractivity contribution >= 4 is 18.1 Å². The largest absolute Gasteiger partial charge is 0.493 e. The highest BCUT2D eigenvalue weighted by Crippen LogP contribution is 2.40. The topological polar surface area (TPSA) is 113 Å². The first kappa shape index (κ1) is 18.2. The zero-order valence-electron chi connectivity index (χ0n) is 15.1. The number of benzene rings is 2. The Hall–Kier alpha value is -3.61. The maximum atomic E-state index is 10.9. The summed E-state index contributed by atoms with van der Waals surface area (Å²) in [6, 6.07) is 11.1. The monoisotopic (exact) mass is 364 g/mol. The fraction of sp³-hybridized carbons (Fsp3) is 0.150. The van der Waals surface area contributed by atoms with Crippen LogP contribution in [0.1, 0.15) is 21.5 Å². The molecule has 0 aliphatic rings. The summed E-state index contributed by atoms with van der Waals surface area (Å²) in [5, 5.41) is 0. The predicted octanol–water partition coefficient (Wildman–Crippen LogP) is 2.73. The second kappa shape index (κ2) is 7.74. The summed E-state index contributed by atoms with van der Waals surface area (Å²) in [6.07, 6.45) is 2.93. The van der Waals surface area contributed by atoms with Crippen molar-refractivity contribution in [2.24, 2.45) is 0 Å². The molecule has 1 aromatic heterocycles. The Bertz CT molecular complexity index is 972. The van der Waals surface area contributed by atoms with E-state index in [2.05, 4.69) is 9.97 Å². The molecule has 7 nitrogen and oxygen atoms in total. The van der Waals surface area contributed by atoms with Crippen LogP contribution < -0.4 is 20.9 Å². The van der Waals surface area contributed by atoms with E-state index in [4.69, 9.17) is 20.9 Å². The van der Waals surface area contributed by atoms with Gasteiger partial charge in [0.1, 0.15) is 12.1 Å². The summed E-state index contributed by atoms with van der Waals surface area (Å²) in [5.41, 5.74) is 15.6. The number of ether oxygens (including phenoxy) is 2. The van der Waals surface area contributed by atoms with Crippen LogP contribution in [0.3, 0.4) is 0 Å². The van der Waals surface area contributed by atoms with E-state index in [0.717, 1.165) is 28.5 Å². The maximum absolute atomic E-state index is 10.9. The molecule has 0 saturated carbocycles. The molecule has 2 aromatic carbocycles. The summed E-state index contributed by atoms with van der Waals surface area (Å²) in [6.45, 7) is 0. The molecule has 0 aliphatic heterocycles. The molecular formula is C20H20N4O3. The van der Waals surface area contributed by atoms with E-state index in [1.807, 2.05) is 24.3 Å². The SMILES string of the molecule is COc1cc(Cc2cnc(N)nc2N)cc(-c2ccc(C=O)cc2)c1OC. The van der Waals surface area contributed by atoms with Crippen molar-refractivity contribution in [2.45, 2.75) is 6.42 Å². The quantitative estimate of drug-likeness (QED) is 0.646. The van der Waals surface area contributed by atoms with Gasteiger partial charge in [-0.2, -0.15) is 4.98 Å². The normalized spacial score (nSPS) is 10.4. The summed E-state index contributed by atoms with van der Waals surface area (Å²) in [5.74, 6) is 1.69. The molecule has 0 saturated heterocycles. The average molecular weight is 364 g/mol. The van der Waals surface area contributed by atoms with Crippen LogP contribution >= 0.6 is 0 Å². The van der Waals surface area contributed by atoms with E-state index >= 15 is 0 Å². The molecule has 27 heavy (non-hydrogen) atoms. The molecule has 0 bridgehead atoms. The van der Waals surface area contributed by atoms with Crippen molar-refractivity contribution in [1.82, 2.24) is 9.97 Å². The number of rotatable bonds is 6. The number of hydrogen-bond donors (Lipinski definition) is 2. The van der Waals surface area contributed by atoms with Crippen molar-refractivity contribution < 1.29 is 14.3 Å².